The van der Waals surface area contributed by atoms with Gasteiger partial charge in [0.2, 0.25) is 0 Å². The maximum atomic E-state index is 12.3. The van der Waals surface area contributed by atoms with Crippen LogP contribution in [0, 0.1) is 5.92 Å². The first-order valence-electron chi connectivity index (χ1n) is 13.6. The summed E-state index contributed by atoms with van der Waals surface area (Å²) in [4.78, 5) is 24.5. The van der Waals surface area contributed by atoms with E-state index in [1.807, 2.05) is 0 Å². The molecule has 0 aromatic heterocycles. The minimum Gasteiger partial charge on any atom is -0.423 e. The normalized spacial score (nSPS) is 11.0. The fourth-order valence-electron chi connectivity index (χ4n) is 4.12. The maximum absolute atomic E-state index is 12.3. The van der Waals surface area contributed by atoms with Crippen molar-refractivity contribution in [3.63, 3.8) is 0 Å². The SMILES string of the molecule is CCCCCCCCCCC(=O)Oc1ccccc1OC(=O)CCCCCCC(CC)CC. The van der Waals surface area contributed by atoms with Crippen LogP contribution in [-0.2, 0) is 9.59 Å². The van der Waals surface area contributed by atoms with E-state index >= 15 is 0 Å². The summed E-state index contributed by atoms with van der Waals surface area (Å²) >= 11 is 0. The molecule has 0 aliphatic carbocycles. The van der Waals surface area contributed by atoms with Gasteiger partial charge in [-0.15, -0.1) is 0 Å². The first-order valence-corrected chi connectivity index (χ1v) is 13.6. The van der Waals surface area contributed by atoms with Gasteiger partial charge in [-0.05, 0) is 30.9 Å². The quantitative estimate of drug-likeness (QED) is 0.111. The second kappa shape index (κ2) is 19.6. The first kappa shape index (κ1) is 29.2. The van der Waals surface area contributed by atoms with Crippen LogP contribution in [0.3, 0.4) is 0 Å². The van der Waals surface area contributed by atoms with Gasteiger partial charge in [0, 0.05) is 12.8 Å². The standard InChI is InChI=1S/C29H48O4/c1-4-7-8-9-10-11-12-16-23-28(30)32-26-21-18-19-22-27(26)33-29(31)24-17-14-13-15-20-25(5-2)6-3/h18-19,21-22,25H,4-17,20,23-24H2,1-3H3. The molecule has 1 rings (SSSR count). The summed E-state index contributed by atoms with van der Waals surface area (Å²) in [6, 6.07) is 6.95. The lowest BCUT2D eigenvalue weighted by atomic mass is 9.96. The molecular formula is C29H48O4. The number of carbonyl (C=O) groups is 2. The third kappa shape index (κ3) is 14.8. The largest absolute Gasteiger partial charge is 0.423 e. The highest BCUT2D eigenvalue weighted by molar-refractivity contribution is 5.76. The maximum Gasteiger partial charge on any atom is 0.311 e. The molecule has 1 aromatic rings. The molecule has 4 heteroatoms. The minimum atomic E-state index is -0.262. The van der Waals surface area contributed by atoms with Gasteiger partial charge in [0.15, 0.2) is 11.5 Å². The summed E-state index contributed by atoms with van der Waals surface area (Å²) in [5.41, 5.74) is 0. The van der Waals surface area contributed by atoms with Crippen LogP contribution < -0.4 is 9.47 Å². The molecular weight excluding hydrogens is 412 g/mol. The second-order valence-electron chi connectivity index (χ2n) is 9.26. The van der Waals surface area contributed by atoms with Gasteiger partial charge in [0.05, 0.1) is 0 Å². The van der Waals surface area contributed by atoms with Crippen molar-refractivity contribution in [3.05, 3.63) is 24.3 Å². The van der Waals surface area contributed by atoms with Gasteiger partial charge in [-0.1, -0.05) is 116 Å². The molecule has 0 radical (unpaired) electrons. The first-order chi connectivity index (χ1) is 16.1. The van der Waals surface area contributed by atoms with Gasteiger partial charge in [0.25, 0.3) is 0 Å². The van der Waals surface area contributed by atoms with E-state index in [1.165, 1.54) is 64.2 Å². The Hall–Kier alpha value is -1.84. The van der Waals surface area contributed by atoms with Gasteiger partial charge >= 0.3 is 11.9 Å². The van der Waals surface area contributed by atoms with Crippen molar-refractivity contribution in [3.8, 4) is 11.5 Å². The topological polar surface area (TPSA) is 52.6 Å². The molecule has 0 aliphatic heterocycles. The zero-order valence-corrected chi connectivity index (χ0v) is 21.5. The average Bonchev–Trinajstić information content (AvgIpc) is 2.81. The molecule has 33 heavy (non-hydrogen) atoms. The van der Waals surface area contributed by atoms with Crippen molar-refractivity contribution in [1.29, 1.82) is 0 Å². The van der Waals surface area contributed by atoms with Crippen LogP contribution in [0.4, 0.5) is 0 Å². The van der Waals surface area contributed by atoms with Crippen molar-refractivity contribution in [2.45, 2.75) is 130 Å². The van der Waals surface area contributed by atoms with Crippen LogP contribution in [0.5, 0.6) is 11.5 Å². The van der Waals surface area contributed by atoms with Crippen LogP contribution in [0.1, 0.15) is 130 Å². The number of ether oxygens (including phenoxy) is 2. The minimum absolute atomic E-state index is 0.262. The predicted molar refractivity (Wildman–Crippen MR) is 137 cm³/mol. The fourth-order valence-corrected chi connectivity index (χ4v) is 4.12. The Morgan fingerprint density at radius 1 is 0.636 bits per heavy atom. The van der Waals surface area contributed by atoms with E-state index in [2.05, 4.69) is 20.8 Å². The zero-order chi connectivity index (χ0) is 24.2. The molecule has 4 nitrogen and oxygen atoms in total. The second-order valence-corrected chi connectivity index (χ2v) is 9.26. The van der Waals surface area contributed by atoms with Crippen LogP contribution in [0.25, 0.3) is 0 Å². The van der Waals surface area contributed by atoms with Crippen LogP contribution in [0.2, 0.25) is 0 Å². The molecule has 0 saturated heterocycles. The zero-order valence-electron chi connectivity index (χ0n) is 21.5. The highest BCUT2D eigenvalue weighted by Crippen LogP contribution is 2.28. The van der Waals surface area contributed by atoms with Gasteiger partial charge in [0.1, 0.15) is 0 Å². The lowest BCUT2D eigenvalue weighted by Gasteiger charge is -2.11. The van der Waals surface area contributed by atoms with E-state index in [0.29, 0.717) is 24.3 Å². The number of unbranched alkanes of at least 4 members (excludes halogenated alkanes) is 10. The summed E-state index contributed by atoms with van der Waals surface area (Å²) in [7, 11) is 0. The Bertz CT molecular complexity index is 636. The molecule has 0 saturated carbocycles. The van der Waals surface area contributed by atoms with E-state index in [-0.39, 0.29) is 11.9 Å². The lowest BCUT2D eigenvalue weighted by molar-refractivity contribution is -0.137. The molecule has 0 bridgehead atoms. The molecule has 0 N–H and O–H groups in total. The predicted octanol–water partition coefficient (Wildman–Crippen LogP) is 8.81. The number of para-hydroxylation sites is 2. The van der Waals surface area contributed by atoms with Gasteiger partial charge in [-0.3, -0.25) is 9.59 Å². The van der Waals surface area contributed by atoms with E-state index in [1.54, 1.807) is 24.3 Å². The number of hydrogen-bond acceptors (Lipinski definition) is 4. The van der Waals surface area contributed by atoms with Crippen molar-refractivity contribution in [1.82, 2.24) is 0 Å². The number of hydrogen-bond donors (Lipinski definition) is 0. The fraction of sp³-hybridized carbons (Fsp3) is 0.724. The monoisotopic (exact) mass is 460 g/mol. The molecule has 0 heterocycles. The molecule has 0 amide bonds. The Labute approximate surface area is 202 Å². The molecule has 0 atom stereocenters. The van der Waals surface area contributed by atoms with E-state index in [0.717, 1.165) is 38.0 Å². The highest BCUT2D eigenvalue weighted by atomic mass is 16.6. The van der Waals surface area contributed by atoms with Crippen molar-refractivity contribution >= 4 is 11.9 Å². The van der Waals surface area contributed by atoms with E-state index < -0.39 is 0 Å². The highest BCUT2D eigenvalue weighted by Gasteiger charge is 2.13. The third-order valence-electron chi connectivity index (χ3n) is 6.43. The Balaban J connectivity index is 2.25. The van der Waals surface area contributed by atoms with Gasteiger partial charge < -0.3 is 9.47 Å². The summed E-state index contributed by atoms with van der Waals surface area (Å²) in [5.74, 6) is 0.981. The average molecular weight is 461 g/mol. The number of carbonyl (C=O) groups excluding carboxylic acids is 2. The Morgan fingerprint density at radius 3 is 1.52 bits per heavy atom. The molecule has 0 aliphatic rings. The number of esters is 2. The van der Waals surface area contributed by atoms with Crippen LogP contribution >= 0.6 is 0 Å². The smallest absolute Gasteiger partial charge is 0.311 e. The molecule has 0 spiro atoms. The third-order valence-corrected chi connectivity index (χ3v) is 6.43. The van der Waals surface area contributed by atoms with Gasteiger partial charge in [-0.25, -0.2) is 0 Å². The van der Waals surface area contributed by atoms with Crippen LogP contribution in [-0.4, -0.2) is 11.9 Å². The van der Waals surface area contributed by atoms with Crippen molar-refractivity contribution < 1.29 is 19.1 Å². The van der Waals surface area contributed by atoms with Crippen molar-refractivity contribution in [2.24, 2.45) is 5.92 Å². The van der Waals surface area contributed by atoms with Crippen LogP contribution in [0.15, 0.2) is 24.3 Å². The number of benzene rings is 1. The van der Waals surface area contributed by atoms with E-state index in [4.69, 9.17) is 9.47 Å². The Kier molecular flexibility index (Phi) is 17.4. The Morgan fingerprint density at radius 2 is 1.06 bits per heavy atom. The summed E-state index contributed by atoms with van der Waals surface area (Å²) in [5, 5.41) is 0. The number of rotatable bonds is 20. The van der Waals surface area contributed by atoms with Crippen molar-refractivity contribution in [2.75, 3.05) is 0 Å². The summed E-state index contributed by atoms with van der Waals surface area (Å²) in [6.45, 7) is 6.74. The van der Waals surface area contributed by atoms with E-state index in [9.17, 15) is 9.59 Å². The summed E-state index contributed by atoms with van der Waals surface area (Å²) < 4.78 is 11.0. The lowest BCUT2D eigenvalue weighted by Crippen LogP contribution is -2.12. The molecule has 0 unspecified atom stereocenters. The van der Waals surface area contributed by atoms with Gasteiger partial charge in [-0.2, -0.15) is 0 Å². The molecule has 1 aromatic carbocycles. The molecule has 0 fully saturated rings. The summed E-state index contributed by atoms with van der Waals surface area (Å²) in [6.07, 6.45) is 18.3. The molecule has 188 valence electrons.